The minimum atomic E-state index is -0.999. The average Bonchev–Trinajstić information content (AvgIpc) is 2.72. The summed E-state index contributed by atoms with van der Waals surface area (Å²) in [5.41, 5.74) is 2.56. The maximum absolute atomic E-state index is 13.7. The Hall–Kier alpha value is -2.61. The first-order valence-corrected chi connectivity index (χ1v) is 12.5. The number of carboxylic acid groups (broad SMARTS) is 1. The summed E-state index contributed by atoms with van der Waals surface area (Å²) in [5.74, 6) is -0.685. The smallest absolute Gasteiger partial charge is 0.323 e. The topological polar surface area (TPSA) is 93.1 Å². The Kier molecular flexibility index (Phi) is 6.41. The fourth-order valence-corrected chi connectivity index (χ4v) is 6.33. The van der Waals surface area contributed by atoms with E-state index in [4.69, 9.17) is 9.47 Å². The molecule has 1 N–H and O–H groups in total. The lowest BCUT2D eigenvalue weighted by Crippen LogP contribution is -2.45. The number of allylic oxidation sites excluding steroid dienone is 4. The molecule has 1 aliphatic heterocycles. The normalized spacial score (nSPS) is 21.6. The van der Waals surface area contributed by atoms with E-state index in [1.807, 2.05) is 33.8 Å². The largest absolute Gasteiger partial charge is 0.493 e. The first-order valence-electron chi connectivity index (χ1n) is 11.7. The zero-order chi connectivity index (χ0) is 25.9. The van der Waals surface area contributed by atoms with Crippen LogP contribution in [0.25, 0.3) is 0 Å². The van der Waals surface area contributed by atoms with Gasteiger partial charge in [0, 0.05) is 45.8 Å². The van der Waals surface area contributed by atoms with Crippen LogP contribution in [0, 0.1) is 10.8 Å². The number of aliphatic carboxylic acids is 1. The number of Topliss-reactive ketones (excluding diaryl/α,β-unsaturated/α-hetero) is 2. The van der Waals surface area contributed by atoms with Crippen LogP contribution in [0.15, 0.2) is 39.1 Å². The number of hydrogen-bond donors (Lipinski definition) is 1. The van der Waals surface area contributed by atoms with Crippen molar-refractivity contribution in [2.75, 3.05) is 20.8 Å². The van der Waals surface area contributed by atoms with Gasteiger partial charge in [0.1, 0.15) is 6.54 Å². The summed E-state index contributed by atoms with van der Waals surface area (Å²) in [6, 6.07) is 3.60. The fraction of sp³-hybridized carbons (Fsp3) is 0.519. The lowest BCUT2D eigenvalue weighted by atomic mass is 9.63. The van der Waals surface area contributed by atoms with Gasteiger partial charge in [0.15, 0.2) is 23.1 Å². The molecule has 7 nitrogen and oxygen atoms in total. The second-order valence-corrected chi connectivity index (χ2v) is 12.1. The number of methoxy groups -OCH3 is 2. The molecule has 0 fully saturated rings. The van der Waals surface area contributed by atoms with E-state index in [0.29, 0.717) is 64.2 Å². The molecular formula is C27H32BrNO6. The van der Waals surface area contributed by atoms with Gasteiger partial charge in [0.2, 0.25) is 0 Å². The van der Waals surface area contributed by atoms with Gasteiger partial charge in [-0.3, -0.25) is 14.4 Å². The molecule has 188 valence electrons. The Morgan fingerprint density at radius 3 is 1.83 bits per heavy atom. The summed E-state index contributed by atoms with van der Waals surface area (Å²) in [7, 11) is 3.10. The average molecular weight is 546 g/mol. The SMILES string of the molecule is COc1cc(Br)c(C2C3=C(CC(C)(C)CC3=O)N(CC(=O)O)C3=C2C(=O)CC(C)(C)C3)cc1OC. The first kappa shape index (κ1) is 25.5. The number of ketones is 2. The van der Waals surface area contributed by atoms with Gasteiger partial charge in [-0.25, -0.2) is 0 Å². The van der Waals surface area contributed by atoms with Crippen LogP contribution in [0.4, 0.5) is 0 Å². The van der Waals surface area contributed by atoms with Crippen LogP contribution in [0.1, 0.15) is 64.9 Å². The second kappa shape index (κ2) is 8.80. The molecule has 0 spiro atoms. The minimum Gasteiger partial charge on any atom is -0.493 e. The standard InChI is InChI=1S/C27H32BrNO6/c1-26(2)9-16-24(18(30)11-26)23(14-7-20(34-5)21(35-6)8-15(14)28)25-17(29(16)13-22(32)33)10-27(3,4)12-19(25)31/h7-8,23H,9-13H2,1-6H3,(H,32,33). The Balaban J connectivity index is 2.05. The highest BCUT2D eigenvalue weighted by molar-refractivity contribution is 9.10. The van der Waals surface area contributed by atoms with E-state index in [9.17, 15) is 19.5 Å². The molecule has 0 unspecified atom stereocenters. The second-order valence-electron chi connectivity index (χ2n) is 11.2. The highest BCUT2D eigenvalue weighted by Gasteiger charge is 2.49. The number of hydrogen-bond acceptors (Lipinski definition) is 6. The van der Waals surface area contributed by atoms with Gasteiger partial charge >= 0.3 is 5.97 Å². The maximum Gasteiger partial charge on any atom is 0.323 e. The predicted octanol–water partition coefficient (Wildman–Crippen LogP) is 5.24. The molecular weight excluding hydrogens is 514 g/mol. The number of halogens is 1. The highest BCUT2D eigenvalue weighted by atomic mass is 79.9. The monoisotopic (exact) mass is 545 g/mol. The van der Waals surface area contributed by atoms with Gasteiger partial charge in [-0.15, -0.1) is 0 Å². The van der Waals surface area contributed by atoms with Crippen LogP contribution in [-0.4, -0.2) is 48.3 Å². The van der Waals surface area contributed by atoms with E-state index in [1.54, 1.807) is 25.2 Å². The summed E-state index contributed by atoms with van der Waals surface area (Å²) in [4.78, 5) is 41.2. The molecule has 1 aromatic carbocycles. The van der Waals surface area contributed by atoms with Crippen molar-refractivity contribution >= 4 is 33.5 Å². The molecule has 1 aromatic rings. The van der Waals surface area contributed by atoms with Gasteiger partial charge < -0.3 is 19.5 Å². The summed E-state index contributed by atoms with van der Waals surface area (Å²) >= 11 is 3.65. The Labute approximate surface area is 214 Å². The molecule has 35 heavy (non-hydrogen) atoms. The number of benzene rings is 1. The Bertz CT molecular complexity index is 1140. The molecule has 0 bridgehead atoms. The molecule has 0 radical (unpaired) electrons. The lowest BCUT2D eigenvalue weighted by Gasteiger charge is -2.48. The zero-order valence-electron chi connectivity index (χ0n) is 21.1. The highest BCUT2D eigenvalue weighted by Crippen LogP contribution is 2.55. The fourth-order valence-electron chi connectivity index (χ4n) is 5.78. The third-order valence-electron chi connectivity index (χ3n) is 7.13. The van der Waals surface area contributed by atoms with Crippen molar-refractivity contribution in [3.8, 4) is 11.5 Å². The van der Waals surface area contributed by atoms with E-state index in [0.717, 1.165) is 5.56 Å². The molecule has 0 saturated heterocycles. The van der Waals surface area contributed by atoms with Gasteiger partial charge in [-0.2, -0.15) is 0 Å². The summed E-state index contributed by atoms with van der Waals surface area (Å²) < 4.78 is 11.7. The van der Waals surface area contributed by atoms with E-state index in [-0.39, 0.29) is 28.9 Å². The van der Waals surface area contributed by atoms with Gasteiger partial charge in [0.05, 0.1) is 14.2 Å². The van der Waals surface area contributed by atoms with Crippen molar-refractivity contribution in [2.24, 2.45) is 10.8 Å². The van der Waals surface area contributed by atoms with E-state index < -0.39 is 11.9 Å². The van der Waals surface area contributed by atoms with Crippen LogP contribution in [-0.2, 0) is 14.4 Å². The van der Waals surface area contributed by atoms with E-state index in [2.05, 4.69) is 15.9 Å². The van der Waals surface area contributed by atoms with Crippen molar-refractivity contribution in [1.29, 1.82) is 0 Å². The summed E-state index contributed by atoms with van der Waals surface area (Å²) in [6.07, 6.45) is 1.76. The Morgan fingerprint density at radius 1 is 0.943 bits per heavy atom. The Morgan fingerprint density at radius 2 is 1.40 bits per heavy atom. The summed E-state index contributed by atoms with van der Waals surface area (Å²) in [5, 5.41) is 9.80. The van der Waals surface area contributed by atoms with E-state index in [1.165, 1.54) is 0 Å². The molecule has 0 saturated carbocycles. The number of carboxylic acids is 1. The van der Waals surface area contributed by atoms with Crippen molar-refractivity contribution in [1.82, 2.24) is 4.90 Å². The number of carbonyl (C=O) groups is 3. The van der Waals surface area contributed by atoms with Crippen molar-refractivity contribution in [3.63, 3.8) is 0 Å². The van der Waals surface area contributed by atoms with Crippen LogP contribution in [0.2, 0.25) is 0 Å². The van der Waals surface area contributed by atoms with Crippen LogP contribution >= 0.6 is 15.9 Å². The quantitative estimate of drug-likeness (QED) is 0.540. The number of carbonyl (C=O) groups excluding carboxylic acids is 2. The number of ether oxygens (including phenoxy) is 2. The van der Waals surface area contributed by atoms with Gasteiger partial charge in [-0.05, 0) is 41.4 Å². The van der Waals surface area contributed by atoms with Crippen LogP contribution < -0.4 is 9.47 Å². The lowest BCUT2D eigenvalue weighted by molar-refractivity contribution is -0.138. The van der Waals surface area contributed by atoms with Crippen LogP contribution in [0.5, 0.6) is 11.5 Å². The summed E-state index contributed by atoms with van der Waals surface area (Å²) in [6.45, 7) is 7.80. The van der Waals surface area contributed by atoms with Gasteiger partial charge in [0.25, 0.3) is 0 Å². The van der Waals surface area contributed by atoms with Gasteiger partial charge in [-0.1, -0.05) is 43.6 Å². The molecule has 0 aromatic heterocycles. The molecule has 1 heterocycles. The van der Waals surface area contributed by atoms with Crippen molar-refractivity contribution < 1.29 is 29.0 Å². The third-order valence-corrected chi connectivity index (χ3v) is 7.82. The third kappa shape index (κ3) is 4.53. The zero-order valence-corrected chi connectivity index (χ0v) is 22.7. The molecule has 0 amide bonds. The number of nitrogens with zero attached hydrogens (tertiary/aromatic N) is 1. The van der Waals surface area contributed by atoms with Crippen molar-refractivity contribution in [3.05, 3.63) is 44.7 Å². The molecule has 4 rings (SSSR count). The molecule has 0 atom stereocenters. The molecule has 8 heteroatoms. The predicted molar refractivity (Wildman–Crippen MR) is 134 cm³/mol. The van der Waals surface area contributed by atoms with E-state index >= 15 is 0 Å². The number of rotatable bonds is 5. The first-order chi connectivity index (χ1) is 16.3. The molecule has 2 aliphatic carbocycles. The maximum atomic E-state index is 13.7. The molecule has 3 aliphatic rings. The minimum absolute atomic E-state index is 0.0532. The van der Waals surface area contributed by atoms with Crippen LogP contribution in [0.3, 0.4) is 0 Å². The van der Waals surface area contributed by atoms with Crippen molar-refractivity contribution in [2.45, 2.75) is 59.3 Å².